The van der Waals surface area contributed by atoms with Gasteiger partial charge in [-0.2, -0.15) is 0 Å². The summed E-state index contributed by atoms with van der Waals surface area (Å²) in [4.78, 5) is 23.7. The van der Waals surface area contributed by atoms with Gasteiger partial charge < -0.3 is 20.1 Å². The summed E-state index contributed by atoms with van der Waals surface area (Å²) in [6, 6.07) is 12.9. The Morgan fingerprint density at radius 3 is 2.56 bits per heavy atom. The molecule has 6 nitrogen and oxygen atoms in total. The number of benzene rings is 2. The largest absolute Gasteiger partial charge is 0.486 e. The summed E-state index contributed by atoms with van der Waals surface area (Å²) in [5.74, 6) is -0.374. The SMILES string of the molecule is O=C(CNC(=O)c1ccccc1F)NC[C@H]1COc2ccccc2O1. The van der Waals surface area contributed by atoms with Crippen molar-refractivity contribution >= 4 is 11.8 Å². The molecule has 0 saturated carbocycles. The minimum Gasteiger partial charge on any atom is -0.486 e. The fourth-order valence-corrected chi connectivity index (χ4v) is 2.35. The topological polar surface area (TPSA) is 76.7 Å². The minimum atomic E-state index is -0.639. The summed E-state index contributed by atoms with van der Waals surface area (Å²) in [5.41, 5.74) is -0.101. The van der Waals surface area contributed by atoms with Crippen LogP contribution in [0.4, 0.5) is 4.39 Å². The molecule has 2 amide bonds. The van der Waals surface area contributed by atoms with Gasteiger partial charge in [0.05, 0.1) is 18.7 Å². The predicted octanol–water partition coefficient (Wildman–Crippen LogP) is 1.51. The lowest BCUT2D eigenvalue weighted by molar-refractivity contribution is -0.120. The van der Waals surface area contributed by atoms with E-state index >= 15 is 0 Å². The average Bonchev–Trinajstić information content (AvgIpc) is 2.64. The first-order chi connectivity index (χ1) is 12.1. The smallest absolute Gasteiger partial charge is 0.254 e. The van der Waals surface area contributed by atoms with Crippen LogP contribution in [0.5, 0.6) is 11.5 Å². The molecule has 25 heavy (non-hydrogen) atoms. The third-order valence-corrected chi connectivity index (χ3v) is 3.62. The van der Waals surface area contributed by atoms with Gasteiger partial charge in [0.2, 0.25) is 5.91 Å². The van der Waals surface area contributed by atoms with E-state index in [1.807, 2.05) is 18.2 Å². The lowest BCUT2D eigenvalue weighted by Gasteiger charge is -2.26. The van der Waals surface area contributed by atoms with E-state index in [2.05, 4.69) is 10.6 Å². The van der Waals surface area contributed by atoms with E-state index in [-0.39, 0.29) is 24.8 Å². The van der Waals surface area contributed by atoms with Gasteiger partial charge in [0.25, 0.3) is 5.91 Å². The molecular weight excluding hydrogens is 327 g/mol. The van der Waals surface area contributed by atoms with Gasteiger partial charge in [-0.3, -0.25) is 9.59 Å². The van der Waals surface area contributed by atoms with Crippen molar-refractivity contribution in [3.8, 4) is 11.5 Å². The number of carbonyl (C=O) groups is 2. The second-order valence-corrected chi connectivity index (χ2v) is 5.46. The third-order valence-electron chi connectivity index (χ3n) is 3.62. The van der Waals surface area contributed by atoms with E-state index in [0.717, 1.165) is 0 Å². The summed E-state index contributed by atoms with van der Waals surface area (Å²) in [5, 5.41) is 5.03. The van der Waals surface area contributed by atoms with Crippen molar-refractivity contribution in [2.45, 2.75) is 6.10 Å². The zero-order valence-corrected chi connectivity index (χ0v) is 13.3. The summed E-state index contributed by atoms with van der Waals surface area (Å²) < 4.78 is 24.8. The van der Waals surface area contributed by atoms with E-state index in [9.17, 15) is 14.0 Å². The Labute approximate surface area is 143 Å². The van der Waals surface area contributed by atoms with Gasteiger partial charge in [-0.05, 0) is 24.3 Å². The van der Waals surface area contributed by atoms with Gasteiger partial charge in [-0.1, -0.05) is 24.3 Å². The highest BCUT2D eigenvalue weighted by molar-refractivity contribution is 5.96. The minimum absolute atomic E-state index is 0.101. The van der Waals surface area contributed by atoms with Gasteiger partial charge >= 0.3 is 0 Å². The van der Waals surface area contributed by atoms with Crippen LogP contribution >= 0.6 is 0 Å². The molecule has 0 aliphatic carbocycles. The van der Waals surface area contributed by atoms with Gasteiger partial charge in [-0.15, -0.1) is 0 Å². The molecule has 7 heteroatoms. The van der Waals surface area contributed by atoms with Crippen molar-refractivity contribution in [1.29, 1.82) is 0 Å². The molecule has 0 unspecified atom stereocenters. The van der Waals surface area contributed by atoms with Crippen LogP contribution in [0.15, 0.2) is 48.5 Å². The number of nitrogens with one attached hydrogen (secondary N) is 2. The van der Waals surface area contributed by atoms with Gasteiger partial charge in [-0.25, -0.2) is 4.39 Å². The van der Waals surface area contributed by atoms with Crippen molar-refractivity contribution in [2.24, 2.45) is 0 Å². The number of amides is 2. The summed E-state index contributed by atoms with van der Waals surface area (Å²) in [6.45, 7) is 0.305. The van der Waals surface area contributed by atoms with Crippen molar-refractivity contribution < 1.29 is 23.5 Å². The van der Waals surface area contributed by atoms with Crippen LogP contribution in [-0.2, 0) is 4.79 Å². The van der Waals surface area contributed by atoms with Crippen LogP contribution in [0.3, 0.4) is 0 Å². The number of hydrogen-bond acceptors (Lipinski definition) is 4. The molecule has 2 aromatic carbocycles. The predicted molar refractivity (Wildman–Crippen MR) is 88.1 cm³/mol. The second-order valence-electron chi connectivity index (χ2n) is 5.46. The van der Waals surface area contributed by atoms with Crippen LogP contribution in [0, 0.1) is 5.82 Å². The highest BCUT2D eigenvalue weighted by Crippen LogP contribution is 2.30. The normalized spacial score (nSPS) is 15.3. The van der Waals surface area contributed by atoms with Crippen LogP contribution in [0.25, 0.3) is 0 Å². The van der Waals surface area contributed by atoms with Crippen LogP contribution < -0.4 is 20.1 Å². The van der Waals surface area contributed by atoms with Crippen LogP contribution in [0.1, 0.15) is 10.4 Å². The Bertz CT molecular complexity index is 781. The van der Waals surface area contributed by atoms with Gasteiger partial charge in [0, 0.05) is 0 Å². The Kier molecular flexibility index (Phi) is 5.13. The maximum Gasteiger partial charge on any atom is 0.254 e. The fourth-order valence-electron chi connectivity index (χ4n) is 2.35. The molecule has 1 aliphatic rings. The molecule has 3 rings (SSSR count). The van der Waals surface area contributed by atoms with Crippen molar-refractivity contribution in [3.05, 3.63) is 59.9 Å². The highest BCUT2D eigenvalue weighted by atomic mass is 19.1. The molecule has 0 spiro atoms. The summed E-state index contributed by atoms with van der Waals surface area (Å²) in [6.07, 6.45) is -0.318. The van der Waals surface area contributed by atoms with Crippen LogP contribution in [-0.4, -0.2) is 37.6 Å². The average molecular weight is 344 g/mol. The maximum absolute atomic E-state index is 13.5. The Balaban J connectivity index is 1.43. The summed E-state index contributed by atoms with van der Waals surface area (Å²) in [7, 11) is 0. The molecule has 1 atom stereocenters. The summed E-state index contributed by atoms with van der Waals surface area (Å²) >= 11 is 0. The quantitative estimate of drug-likeness (QED) is 0.862. The van der Waals surface area contributed by atoms with Crippen LogP contribution in [0.2, 0.25) is 0 Å². The molecule has 0 radical (unpaired) electrons. The zero-order valence-electron chi connectivity index (χ0n) is 13.3. The van der Waals surface area contributed by atoms with Crippen molar-refractivity contribution in [3.63, 3.8) is 0 Å². The lowest BCUT2D eigenvalue weighted by atomic mass is 10.2. The fraction of sp³-hybridized carbons (Fsp3) is 0.222. The second kappa shape index (κ2) is 7.65. The standard InChI is InChI=1S/C18H17FN2O4/c19-14-6-2-1-5-13(14)18(23)21-10-17(22)20-9-12-11-24-15-7-3-4-8-16(15)25-12/h1-8,12H,9-11H2,(H,20,22)(H,21,23)/t12-/m0/s1. The monoisotopic (exact) mass is 344 g/mol. The number of rotatable bonds is 5. The molecule has 0 fully saturated rings. The number of hydrogen-bond donors (Lipinski definition) is 2. The molecule has 0 bridgehead atoms. The molecule has 0 aromatic heterocycles. The Hall–Kier alpha value is -3.09. The molecule has 0 saturated heterocycles. The molecule has 2 aromatic rings. The first-order valence-electron chi connectivity index (χ1n) is 7.81. The maximum atomic E-state index is 13.5. The van der Waals surface area contributed by atoms with E-state index in [0.29, 0.717) is 18.1 Å². The van der Waals surface area contributed by atoms with Gasteiger partial charge in [0.1, 0.15) is 18.5 Å². The number of halogens is 1. The number of carbonyl (C=O) groups excluding carboxylic acids is 2. The van der Waals surface area contributed by atoms with E-state index in [4.69, 9.17) is 9.47 Å². The van der Waals surface area contributed by atoms with Crippen molar-refractivity contribution in [1.82, 2.24) is 10.6 Å². The van der Waals surface area contributed by atoms with E-state index in [1.165, 1.54) is 18.2 Å². The van der Waals surface area contributed by atoms with Crippen molar-refractivity contribution in [2.75, 3.05) is 19.7 Å². The Morgan fingerprint density at radius 2 is 1.76 bits per heavy atom. The van der Waals surface area contributed by atoms with E-state index < -0.39 is 17.6 Å². The third kappa shape index (κ3) is 4.26. The Morgan fingerprint density at radius 1 is 1.04 bits per heavy atom. The van der Waals surface area contributed by atoms with E-state index in [1.54, 1.807) is 12.1 Å². The molecule has 2 N–H and O–H groups in total. The number of ether oxygens (including phenoxy) is 2. The molecule has 130 valence electrons. The molecule has 1 heterocycles. The molecular formula is C18H17FN2O4. The number of para-hydroxylation sites is 2. The first kappa shape index (κ1) is 16.8. The lowest BCUT2D eigenvalue weighted by Crippen LogP contribution is -2.44. The highest BCUT2D eigenvalue weighted by Gasteiger charge is 2.21. The molecule has 1 aliphatic heterocycles. The number of fused-ring (bicyclic) bond motifs is 1. The first-order valence-corrected chi connectivity index (χ1v) is 7.81. The van der Waals surface area contributed by atoms with Gasteiger partial charge in [0.15, 0.2) is 11.5 Å². The zero-order chi connectivity index (χ0) is 17.6.